The minimum absolute atomic E-state index is 0.0194. The molecular weight excluding hydrogens is 833 g/mol. The second kappa shape index (κ2) is 47.3. The third kappa shape index (κ3) is 38.0. The predicted octanol–water partition coefficient (Wildman–Crippen LogP) is 3.70. The highest BCUT2D eigenvalue weighted by atomic mass is 16.6. The molecule has 0 bridgehead atoms. The van der Waals surface area contributed by atoms with Crippen LogP contribution >= 0.6 is 0 Å². The summed E-state index contributed by atoms with van der Waals surface area (Å²) in [4.78, 5) is 0. The molecule has 2 atom stereocenters. The van der Waals surface area contributed by atoms with Gasteiger partial charge in [-0.2, -0.15) is 0 Å². The van der Waals surface area contributed by atoms with Gasteiger partial charge in [-0.1, -0.05) is 60.7 Å². The summed E-state index contributed by atoms with van der Waals surface area (Å²) in [6.07, 6.45) is 3.90. The summed E-state index contributed by atoms with van der Waals surface area (Å²) in [5, 5.41) is 17.3. The van der Waals surface area contributed by atoms with Gasteiger partial charge in [0.25, 0.3) is 0 Å². The lowest BCUT2D eigenvalue weighted by Gasteiger charge is -2.28. The lowest BCUT2D eigenvalue weighted by molar-refractivity contribution is -0.0238. The van der Waals surface area contributed by atoms with Crippen LogP contribution in [0.15, 0.2) is 60.7 Å². The van der Waals surface area contributed by atoms with E-state index in [-0.39, 0.29) is 13.2 Å². The highest BCUT2D eigenvalue weighted by Gasteiger charge is 2.23. The van der Waals surface area contributed by atoms with Crippen LogP contribution in [0.25, 0.3) is 0 Å². The Morgan fingerprint density at radius 2 is 0.531 bits per heavy atom. The summed E-state index contributed by atoms with van der Waals surface area (Å²) in [6, 6.07) is 21.4. The molecule has 0 heterocycles. The molecule has 2 rings (SSSR count). The van der Waals surface area contributed by atoms with Gasteiger partial charge < -0.3 is 76.5 Å². The standard InChI is InChI=1S/C48H82O16/c49-13-16-52-19-22-55-25-28-58-31-34-60-33-30-57-27-24-54-21-18-51-15-7-12-47(42-45-8-3-1-4-9-45)48(43-46-10-5-2-6-11-46)44-64-41-40-63-39-38-62-37-36-61-35-32-59-29-26-56-23-20-53-17-14-50/h1-6,8-11,47-50H,7,12-44H2/t47-,48+/m1/s1. The molecule has 2 N–H and O–H groups in total. The molecule has 16 nitrogen and oxygen atoms in total. The third-order valence-electron chi connectivity index (χ3n) is 9.48. The van der Waals surface area contributed by atoms with E-state index in [0.717, 1.165) is 25.7 Å². The first kappa shape index (κ1) is 57.9. The Labute approximate surface area is 383 Å². The normalized spacial score (nSPS) is 12.6. The van der Waals surface area contributed by atoms with Gasteiger partial charge in [0.1, 0.15) is 0 Å². The fourth-order valence-corrected chi connectivity index (χ4v) is 6.25. The van der Waals surface area contributed by atoms with Crippen LogP contribution in [0.3, 0.4) is 0 Å². The van der Waals surface area contributed by atoms with E-state index in [1.54, 1.807) is 0 Å². The van der Waals surface area contributed by atoms with Gasteiger partial charge in [0.2, 0.25) is 0 Å². The monoisotopic (exact) mass is 915 g/mol. The molecule has 0 unspecified atom stereocenters. The zero-order valence-electron chi connectivity index (χ0n) is 38.6. The van der Waals surface area contributed by atoms with Crippen molar-refractivity contribution >= 4 is 0 Å². The van der Waals surface area contributed by atoms with Crippen LogP contribution < -0.4 is 0 Å². The van der Waals surface area contributed by atoms with Gasteiger partial charge in [0.05, 0.1) is 192 Å². The molecule has 0 aliphatic carbocycles. The van der Waals surface area contributed by atoms with Gasteiger partial charge >= 0.3 is 0 Å². The van der Waals surface area contributed by atoms with Crippen LogP contribution in [-0.4, -0.2) is 208 Å². The Kier molecular flexibility index (Phi) is 42.8. The first-order valence-electron chi connectivity index (χ1n) is 23.2. The van der Waals surface area contributed by atoms with Crippen molar-refractivity contribution in [1.29, 1.82) is 0 Å². The number of ether oxygens (including phenoxy) is 14. The van der Waals surface area contributed by atoms with E-state index in [0.29, 0.717) is 197 Å². The van der Waals surface area contributed by atoms with Gasteiger partial charge in [0, 0.05) is 6.61 Å². The molecule has 16 heteroatoms. The average molecular weight is 915 g/mol. The fourth-order valence-electron chi connectivity index (χ4n) is 6.25. The molecule has 0 spiro atoms. The molecule has 0 radical (unpaired) electrons. The molecule has 370 valence electrons. The number of rotatable bonds is 51. The summed E-state index contributed by atoms with van der Waals surface area (Å²) < 4.78 is 78.0. The molecule has 0 amide bonds. The quantitative estimate of drug-likeness (QED) is 0.0921. The van der Waals surface area contributed by atoms with Crippen LogP contribution in [0.1, 0.15) is 24.0 Å². The predicted molar refractivity (Wildman–Crippen MR) is 242 cm³/mol. The second-order valence-electron chi connectivity index (χ2n) is 14.5. The first-order chi connectivity index (χ1) is 31.8. The maximum atomic E-state index is 8.66. The van der Waals surface area contributed by atoms with E-state index in [1.165, 1.54) is 11.1 Å². The van der Waals surface area contributed by atoms with Gasteiger partial charge in [-0.05, 0) is 48.6 Å². The summed E-state index contributed by atoms with van der Waals surface area (Å²) >= 11 is 0. The van der Waals surface area contributed by atoms with Gasteiger partial charge in [-0.3, -0.25) is 0 Å². The Balaban J connectivity index is 1.53. The zero-order chi connectivity index (χ0) is 45.3. The maximum absolute atomic E-state index is 8.66. The molecule has 2 aromatic rings. The minimum Gasteiger partial charge on any atom is -0.394 e. The number of hydrogen-bond acceptors (Lipinski definition) is 16. The number of hydrogen-bond donors (Lipinski definition) is 2. The van der Waals surface area contributed by atoms with Crippen LogP contribution in [0.4, 0.5) is 0 Å². The van der Waals surface area contributed by atoms with Crippen molar-refractivity contribution < 1.29 is 76.5 Å². The zero-order valence-corrected chi connectivity index (χ0v) is 38.6. The summed E-state index contributed by atoms with van der Waals surface area (Å²) in [5.74, 6) is 0.741. The van der Waals surface area contributed by atoms with Crippen molar-refractivity contribution in [2.24, 2.45) is 11.8 Å². The lowest BCUT2D eigenvalue weighted by Crippen LogP contribution is -2.26. The van der Waals surface area contributed by atoms with Crippen LogP contribution in [0, 0.1) is 11.8 Å². The van der Waals surface area contributed by atoms with E-state index in [9.17, 15) is 0 Å². The van der Waals surface area contributed by atoms with Crippen molar-refractivity contribution in [3.8, 4) is 0 Å². The van der Waals surface area contributed by atoms with Gasteiger partial charge in [0.15, 0.2) is 0 Å². The Morgan fingerprint density at radius 3 is 0.828 bits per heavy atom. The summed E-state index contributed by atoms with van der Waals surface area (Å²) in [7, 11) is 0. The summed E-state index contributed by atoms with van der Waals surface area (Å²) in [5.41, 5.74) is 2.65. The molecule has 0 aliphatic heterocycles. The Bertz CT molecular complexity index is 1190. The first-order valence-corrected chi connectivity index (χ1v) is 23.2. The van der Waals surface area contributed by atoms with E-state index in [2.05, 4.69) is 60.7 Å². The number of aliphatic hydroxyl groups is 2. The molecule has 0 fully saturated rings. The lowest BCUT2D eigenvalue weighted by atomic mass is 9.80. The molecule has 0 aromatic heterocycles. The molecule has 64 heavy (non-hydrogen) atoms. The number of aliphatic hydroxyl groups excluding tert-OH is 2. The Hall–Kier alpha value is -2.20. The SMILES string of the molecule is OCCOCCOCCOCCOCCOCCOCCOCCC[C@H](Cc1ccccc1)[C@H](COCCOCCOCCOCCOCCOCCOCCO)Cc1ccccc1. The Morgan fingerprint density at radius 1 is 0.281 bits per heavy atom. The highest BCUT2D eigenvalue weighted by Crippen LogP contribution is 2.27. The minimum atomic E-state index is 0.0194. The topological polar surface area (TPSA) is 170 Å². The molecule has 0 aliphatic rings. The van der Waals surface area contributed by atoms with Crippen LogP contribution in [0.2, 0.25) is 0 Å². The van der Waals surface area contributed by atoms with Crippen molar-refractivity contribution in [2.75, 3.05) is 198 Å². The molecule has 0 saturated carbocycles. The second-order valence-corrected chi connectivity index (χ2v) is 14.5. The molecular formula is C48H82O16. The largest absolute Gasteiger partial charge is 0.394 e. The maximum Gasteiger partial charge on any atom is 0.0701 e. The molecule has 2 aromatic carbocycles. The van der Waals surface area contributed by atoms with E-state index < -0.39 is 0 Å². The fraction of sp³-hybridized carbons (Fsp3) is 0.750. The van der Waals surface area contributed by atoms with Crippen LogP contribution in [-0.2, 0) is 79.2 Å². The third-order valence-corrected chi connectivity index (χ3v) is 9.48. The van der Waals surface area contributed by atoms with Crippen molar-refractivity contribution in [3.63, 3.8) is 0 Å². The van der Waals surface area contributed by atoms with Gasteiger partial charge in [-0.25, -0.2) is 0 Å². The summed E-state index contributed by atoms with van der Waals surface area (Å²) in [6.45, 7) is 14.0. The van der Waals surface area contributed by atoms with Gasteiger partial charge in [-0.15, -0.1) is 0 Å². The average Bonchev–Trinajstić information content (AvgIpc) is 3.32. The van der Waals surface area contributed by atoms with Crippen molar-refractivity contribution in [2.45, 2.75) is 25.7 Å². The number of benzene rings is 2. The van der Waals surface area contributed by atoms with E-state index in [4.69, 9.17) is 76.5 Å². The molecule has 0 saturated heterocycles. The smallest absolute Gasteiger partial charge is 0.0701 e. The highest BCUT2D eigenvalue weighted by molar-refractivity contribution is 5.17. The van der Waals surface area contributed by atoms with Crippen molar-refractivity contribution in [3.05, 3.63) is 71.8 Å². The van der Waals surface area contributed by atoms with E-state index >= 15 is 0 Å². The van der Waals surface area contributed by atoms with Crippen LogP contribution in [0.5, 0.6) is 0 Å². The van der Waals surface area contributed by atoms with Crippen molar-refractivity contribution in [1.82, 2.24) is 0 Å². The van der Waals surface area contributed by atoms with E-state index in [1.807, 2.05) is 0 Å².